The number of carbonyl (C=O) groups is 2. The molecule has 0 bridgehead atoms. The zero-order valence-corrected chi connectivity index (χ0v) is 15.9. The molecule has 7 heteroatoms. The number of carbonyl (C=O) groups excluding carboxylic acids is 2. The molecule has 2 aliphatic rings. The summed E-state index contributed by atoms with van der Waals surface area (Å²) in [5.41, 5.74) is 2.03. The highest BCUT2D eigenvalue weighted by atomic mass is 16.2. The Bertz CT molecular complexity index is 1050. The van der Waals surface area contributed by atoms with Crippen LogP contribution in [0.3, 0.4) is 0 Å². The van der Waals surface area contributed by atoms with Gasteiger partial charge in [-0.25, -0.2) is 4.98 Å². The molecule has 29 heavy (non-hydrogen) atoms. The van der Waals surface area contributed by atoms with Crippen molar-refractivity contribution in [1.82, 2.24) is 19.7 Å². The van der Waals surface area contributed by atoms with E-state index in [0.717, 1.165) is 16.8 Å². The van der Waals surface area contributed by atoms with E-state index in [0.29, 0.717) is 25.9 Å². The van der Waals surface area contributed by atoms with E-state index in [1.165, 1.54) is 6.33 Å². The highest BCUT2D eigenvalue weighted by Gasteiger charge is 2.59. The first kappa shape index (κ1) is 17.6. The normalized spacial score (nSPS) is 22.7. The lowest BCUT2D eigenvalue weighted by atomic mass is 9.72. The summed E-state index contributed by atoms with van der Waals surface area (Å²) in [6.07, 6.45) is 3.98. The van der Waals surface area contributed by atoms with Crippen molar-refractivity contribution >= 4 is 17.5 Å². The van der Waals surface area contributed by atoms with Crippen molar-refractivity contribution in [3.8, 4) is 0 Å². The van der Waals surface area contributed by atoms with Gasteiger partial charge in [0.15, 0.2) is 0 Å². The topological polar surface area (TPSA) is 80.1 Å². The lowest BCUT2D eigenvalue weighted by Crippen LogP contribution is -2.42. The van der Waals surface area contributed by atoms with E-state index in [1.54, 1.807) is 11.0 Å². The number of aromatic nitrogens is 3. The predicted octanol–water partition coefficient (Wildman–Crippen LogP) is 2.53. The van der Waals surface area contributed by atoms with E-state index >= 15 is 0 Å². The number of fused-ring (bicyclic) bond motifs is 2. The SMILES string of the molecule is O=C(CCn1cncn1)N1CC[C@]2(C(=O)Nc3ccccc32)[C@@H]1c1ccccc1. The Hall–Kier alpha value is -3.48. The van der Waals surface area contributed by atoms with Crippen molar-refractivity contribution in [2.45, 2.75) is 30.8 Å². The summed E-state index contributed by atoms with van der Waals surface area (Å²) < 4.78 is 1.65. The van der Waals surface area contributed by atoms with Crippen molar-refractivity contribution in [2.24, 2.45) is 0 Å². The molecule has 3 heterocycles. The van der Waals surface area contributed by atoms with Gasteiger partial charge in [-0.1, -0.05) is 48.5 Å². The minimum Gasteiger partial charge on any atom is -0.334 e. The van der Waals surface area contributed by atoms with Crippen molar-refractivity contribution < 1.29 is 9.59 Å². The quantitative estimate of drug-likeness (QED) is 0.746. The minimum absolute atomic E-state index is 0.0170. The van der Waals surface area contributed by atoms with Gasteiger partial charge < -0.3 is 10.2 Å². The number of aryl methyl sites for hydroxylation is 1. The molecule has 2 amide bonds. The van der Waals surface area contributed by atoms with Crippen LogP contribution in [0.2, 0.25) is 0 Å². The van der Waals surface area contributed by atoms with Crippen LogP contribution in [0.15, 0.2) is 67.3 Å². The van der Waals surface area contributed by atoms with E-state index in [1.807, 2.05) is 59.5 Å². The van der Waals surface area contributed by atoms with Crippen molar-refractivity contribution in [2.75, 3.05) is 11.9 Å². The van der Waals surface area contributed by atoms with Crippen molar-refractivity contribution in [1.29, 1.82) is 0 Å². The molecule has 1 N–H and O–H groups in total. The monoisotopic (exact) mass is 387 g/mol. The summed E-state index contributed by atoms with van der Waals surface area (Å²) in [6.45, 7) is 1.00. The van der Waals surface area contributed by atoms with E-state index in [9.17, 15) is 9.59 Å². The Morgan fingerprint density at radius 3 is 2.72 bits per heavy atom. The van der Waals surface area contributed by atoms with Crippen LogP contribution in [0, 0.1) is 0 Å². The number of nitrogens with zero attached hydrogens (tertiary/aromatic N) is 4. The third-order valence-electron chi connectivity index (χ3n) is 6.04. The molecule has 0 saturated carbocycles. The summed E-state index contributed by atoms with van der Waals surface area (Å²) >= 11 is 0. The zero-order valence-electron chi connectivity index (χ0n) is 15.9. The predicted molar refractivity (Wildman–Crippen MR) is 107 cm³/mol. The lowest BCUT2D eigenvalue weighted by Gasteiger charge is -2.34. The van der Waals surface area contributed by atoms with Gasteiger partial charge in [-0.3, -0.25) is 14.3 Å². The minimum atomic E-state index is -0.763. The molecule has 5 rings (SSSR count). The summed E-state index contributed by atoms with van der Waals surface area (Å²) in [7, 11) is 0. The van der Waals surface area contributed by atoms with E-state index in [2.05, 4.69) is 15.4 Å². The number of benzene rings is 2. The number of rotatable bonds is 4. The van der Waals surface area contributed by atoms with E-state index in [-0.39, 0.29) is 17.9 Å². The molecule has 2 atom stereocenters. The second kappa shape index (κ2) is 6.84. The third-order valence-corrected chi connectivity index (χ3v) is 6.04. The van der Waals surface area contributed by atoms with Gasteiger partial charge >= 0.3 is 0 Å². The van der Waals surface area contributed by atoms with Crippen LogP contribution < -0.4 is 5.32 Å². The second-order valence-electron chi connectivity index (χ2n) is 7.53. The molecule has 146 valence electrons. The van der Waals surface area contributed by atoms with Gasteiger partial charge in [0.2, 0.25) is 11.8 Å². The lowest BCUT2D eigenvalue weighted by molar-refractivity contribution is -0.133. The first-order valence-corrected chi connectivity index (χ1v) is 9.78. The molecule has 2 aliphatic heterocycles. The number of hydrogen-bond donors (Lipinski definition) is 1. The van der Waals surface area contributed by atoms with Gasteiger partial charge in [0, 0.05) is 18.7 Å². The van der Waals surface area contributed by atoms with Crippen LogP contribution >= 0.6 is 0 Å². The maximum absolute atomic E-state index is 13.3. The molecule has 0 radical (unpaired) electrons. The maximum Gasteiger partial charge on any atom is 0.237 e. The average Bonchev–Trinajstić information content (AvgIpc) is 3.47. The number of likely N-dealkylation sites (tertiary alicyclic amines) is 1. The molecular formula is C22H21N5O2. The third kappa shape index (κ3) is 2.73. The molecular weight excluding hydrogens is 366 g/mol. The molecule has 7 nitrogen and oxygen atoms in total. The Morgan fingerprint density at radius 2 is 1.93 bits per heavy atom. The first-order chi connectivity index (χ1) is 14.2. The largest absolute Gasteiger partial charge is 0.334 e. The number of para-hydroxylation sites is 1. The highest BCUT2D eigenvalue weighted by molar-refractivity contribution is 6.07. The van der Waals surface area contributed by atoms with Gasteiger partial charge in [0.25, 0.3) is 0 Å². The summed E-state index contributed by atoms with van der Waals surface area (Å²) in [6, 6.07) is 17.3. The van der Waals surface area contributed by atoms with E-state index < -0.39 is 5.41 Å². The molecule has 0 unspecified atom stereocenters. The number of nitrogens with one attached hydrogen (secondary N) is 1. The average molecular weight is 387 g/mol. The van der Waals surface area contributed by atoms with Crippen LogP contribution in [-0.2, 0) is 21.5 Å². The Morgan fingerprint density at radius 1 is 1.14 bits per heavy atom. The van der Waals surface area contributed by atoms with Gasteiger partial charge in [0.1, 0.15) is 18.1 Å². The van der Waals surface area contributed by atoms with Gasteiger partial charge in [-0.05, 0) is 23.6 Å². The standard InChI is InChI=1S/C22H21N5O2/c28-19(10-12-26-15-23-14-24-26)27-13-11-22(20(27)16-6-2-1-3-7-16)17-8-4-5-9-18(17)25-21(22)29/h1-9,14-15,20H,10-13H2,(H,25,29)/t20-,22+/m0/s1. The Balaban J connectivity index is 1.54. The Labute approximate surface area is 168 Å². The fourth-order valence-corrected chi connectivity index (χ4v) is 4.76. The molecule has 3 aromatic rings. The summed E-state index contributed by atoms with van der Waals surface area (Å²) in [4.78, 5) is 32.3. The molecule has 2 aromatic carbocycles. The molecule has 0 aliphatic carbocycles. The number of hydrogen-bond acceptors (Lipinski definition) is 4. The zero-order chi connectivity index (χ0) is 19.8. The van der Waals surface area contributed by atoms with Gasteiger partial charge in [-0.2, -0.15) is 5.10 Å². The summed E-state index contributed by atoms with van der Waals surface area (Å²) in [5.74, 6) is -0.0115. The van der Waals surface area contributed by atoms with Gasteiger partial charge in [-0.15, -0.1) is 0 Å². The van der Waals surface area contributed by atoms with Gasteiger partial charge in [0.05, 0.1) is 12.6 Å². The van der Waals surface area contributed by atoms with Crippen LogP contribution in [-0.4, -0.2) is 38.0 Å². The first-order valence-electron chi connectivity index (χ1n) is 9.78. The smallest absolute Gasteiger partial charge is 0.237 e. The van der Waals surface area contributed by atoms with Crippen LogP contribution in [0.1, 0.15) is 30.0 Å². The fraction of sp³-hybridized carbons (Fsp3) is 0.273. The number of amides is 2. The summed E-state index contributed by atoms with van der Waals surface area (Å²) in [5, 5.41) is 7.12. The fourth-order valence-electron chi connectivity index (χ4n) is 4.76. The highest BCUT2D eigenvalue weighted by Crippen LogP contribution is 2.54. The van der Waals surface area contributed by atoms with Crippen LogP contribution in [0.5, 0.6) is 0 Å². The number of anilines is 1. The van der Waals surface area contributed by atoms with Crippen LogP contribution in [0.25, 0.3) is 0 Å². The molecule has 1 fully saturated rings. The molecule has 1 aromatic heterocycles. The van der Waals surface area contributed by atoms with Crippen LogP contribution in [0.4, 0.5) is 5.69 Å². The second-order valence-corrected chi connectivity index (χ2v) is 7.53. The Kier molecular flexibility index (Phi) is 4.16. The molecule has 1 saturated heterocycles. The van der Waals surface area contributed by atoms with E-state index in [4.69, 9.17) is 0 Å². The van der Waals surface area contributed by atoms with Crippen molar-refractivity contribution in [3.63, 3.8) is 0 Å². The van der Waals surface area contributed by atoms with Crippen molar-refractivity contribution in [3.05, 3.63) is 78.4 Å². The molecule has 1 spiro atoms. The maximum atomic E-state index is 13.3.